The molecule has 0 aliphatic heterocycles. The van der Waals surface area contributed by atoms with Crippen LogP contribution in [0.1, 0.15) is 49.0 Å². The van der Waals surface area contributed by atoms with Crippen LogP contribution in [0.5, 0.6) is 0 Å². The molecule has 0 aliphatic carbocycles. The Bertz CT molecular complexity index is 649. The Labute approximate surface area is 132 Å². The monoisotopic (exact) mass is 371 g/mol. The Kier molecular flexibility index (Phi) is 5.96. The minimum atomic E-state index is -5.37. The minimum Gasteiger partial charge on any atom is -0.461 e. The Morgan fingerprint density at radius 1 is 1.17 bits per heavy atom. The fourth-order valence-electron chi connectivity index (χ4n) is 2.32. The van der Waals surface area contributed by atoms with Crippen LogP contribution in [0.4, 0.5) is 0 Å². The number of hydrogen-bond donors (Lipinski definition) is 4. The standard InChI is InChI=1S/C11H19NO9P2/c1-4-7-8(10(13)20-6-3)12-21-9(7)11(5-2,22(14,15)16)23(17,18)19/h4-6H2,1-3H3,(H2,14,15,16)(H2,17,18,19). The molecule has 0 aromatic carbocycles. The molecule has 10 nitrogen and oxygen atoms in total. The topological polar surface area (TPSA) is 167 Å². The summed E-state index contributed by atoms with van der Waals surface area (Å²) in [6.07, 6.45) is -0.610. The summed E-state index contributed by atoms with van der Waals surface area (Å²) in [6, 6.07) is 0. The molecule has 0 fully saturated rings. The quantitative estimate of drug-likeness (QED) is 0.405. The first-order valence-electron chi connectivity index (χ1n) is 6.75. The summed E-state index contributed by atoms with van der Waals surface area (Å²) in [7, 11) is -10.7. The zero-order chi connectivity index (χ0) is 18.1. The van der Waals surface area contributed by atoms with E-state index in [0.717, 1.165) is 0 Å². The summed E-state index contributed by atoms with van der Waals surface area (Å²) in [5.74, 6) is -1.59. The van der Waals surface area contributed by atoms with Crippen molar-refractivity contribution in [1.29, 1.82) is 0 Å². The van der Waals surface area contributed by atoms with Gasteiger partial charge < -0.3 is 28.8 Å². The van der Waals surface area contributed by atoms with Crippen LogP contribution >= 0.6 is 15.2 Å². The molecule has 4 N–H and O–H groups in total. The van der Waals surface area contributed by atoms with E-state index in [9.17, 15) is 33.5 Å². The van der Waals surface area contributed by atoms with E-state index in [2.05, 4.69) is 5.16 Å². The predicted molar refractivity (Wildman–Crippen MR) is 77.9 cm³/mol. The number of carbonyl (C=O) groups is 1. The van der Waals surface area contributed by atoms with E-state index in [0.29, 0.717) is 0 Å². The lowest BCUT2D eigenvalue weighted by molar-refractivity contribution is 0.0513. The van der Waals surface area contributed by atoms with E-state index in [1.165, 1.54) is 13.8 Å². The highest BCUT2D eigenvalue weighted by atomic mass is 31.2. The third kappa shape index (κ3) is 3.28. The SMILES string of the molecule is CCOC(=O)c1noc(C(CC)(P(=O)(O)O)P(=O)(O)O)c1CC. The molecule has 12 heteroatoms. The molecule has 0 bridgehead atoms. The van der Waals surface area contributed by atoms with Gasteiger partial charge in [0.2, 0.25) is 4.90 Å². The number of nitrogens with zero attached hydrogens (tertiary/aromatic N) is 1. The van der Waals surface area contributed by atoms with Crippen LogP contribution in [-0.2, 0) is 25.2 Å². The fraction of sp³-hybridized carbons (Fsp3) is 0.636. The average Bonchev–Trinajstić information content (AvgIpc) is 2.81. The third-order valence-electron chi connectivity index (χ3n) is 3.43. The Morgan fingerprint density at radius 3 is 2.04 bits per heavy atom. The summed E-state index contributed by atoms with van der Waals surface area (Å²) < 4.78 is 33.4. The van der Waals surface area contributed by atoms with Gasteiger partial charge in [0.25, 0.3) is 0 Å². The molecule has 1 aromatic heterocycles. The molecule has 0 saturated carbocycles. The normalized spacial score (nSPS) is 13.2. The molecule has 1 rings (SSSR count). The summed E-state index contributed by atoms with van der Waals surface area (Å²) >= 11 is 0. The summed E-state index contributed by atoms with van der Waals surface area (Å²) in [5, 5.41) is 3.41. The molecular weight excluding hydrogens is 352 g/mol. The lowest BCUT2D eigenvalue weighted by atomic mass is 10.1. The highest BCUT2D eigenvalue weighted by Crippen LogP contribution is 2.76. The van der Waals surface area contributed by atoms with Gasteiger partial charge in [-0.2, -0.15) is 0 Å². The van der Waals surface area contributed by atoms with Crippen molar-refractivity contribution in [2.45, 2.75) is 38.5 Å². The maximum absolute atomic E-state index is 11.9. The maximum Gasteiger partial charge on any atom is 0.360 e. The molecule has 0 amide bonds. The van der Waals surface area contributed by atoms with E-state index in [4.69, 9.17) is 9.26 Å². The third-order valence-corrected chi connectivity index (χ3v) is 7.96. The number of rotatable bonds is 7. The number of esters is 1. The molecule has 23 heavy (non-hydrogen) atoms. The Hall–Kier alpha value is -1.02. The predicted octanol–water partition coefficient (Wildman–Crippen LogP) is 1.33. The number of ether oxygens (including phenoxy) is 1. The van der Waals surface area contributed by atoms with Crippen LogP contribution in [0.2, 0.25) is 0 Å². The van der Waals surface area contributed by atoms with Gasteiger partial charge in [-0.05, 0) is 19.8 Å². The van der Waals surface area contributed by atoms with Crippen molar-refractivity contribution in [2.24, 2.45) is 0 Å². The Balaban J connectivity index is 3.74. The molecule has 132 valence electrons. The van der Waals surface area contributed by atoms with Gasteiger partial charge in [-0.1, -0.05) is 19.0 Å². The van der Waals surface area contributed by atoms with Crippen molar-refractivity contribution in [1.82, 2.24) is 5.16 Å². The van der Waals surface area contributed by atoms with Gasteiger partial charge in [0, 0.05) is 5.56 Å². The van der Waals surface area contributed by atoms with E-state index in [1.54, 1.807) is 6.92 Å². The van der Waals surface area contributed by atoms with Gasteiger partial charge >= 0.3 is 21.2 Å². The van der Waals surface area contributed by atoms with Gasteiger partial charge in [-0.3, -0.25) is 9.13 Å². The largest absolute Gasteiger partial charge is 0.461 e. The molecule has 1 heterocycles. The smallest absolute Gasteiger partial charge is 0.360 e. The maximum atomic E-state index is 11.9. The van der Waals surface area contributed by atoms with Crippen molar-refractivity contribution in [3.8, 4) is 0 Å². The first-order valence-corrected chi connectivity index (χ1v) is 9.97. The first-order chi connectivity index (χ1) is 10.5. The van der Waals surface area contributed by atoms with Gasteiger partial charge in [0.05, 0.1) is 6.61 Å². The van der Waals surface area contributed by atoms with Crippen molar-refractivity contribution in [3.63, 3.8) is 0 Å². The molecule has 0 radical (unpaired) electrons. The van der Waals surface area contributed by atoms with E-state index >= 15 is 0 Å². The fourth-order valence-corrected chi connectivity index (χ4v) is 5.38. The molecule has 0 atom stereocenters. The highest BCUT2D eigenvalue weighted by Gasteiger charge is 2.64. The summed E-state index contributed by atoms with van der Waals surface area (Å²) in [4.78, 5) is 47.3. The lowest BCUT2D eigenvalue weighted by Gasteiger charge is -2.31. The Morgan fingerprint density at radius 2 is 1.70 bits per heavy atom. The van der Waals surface area contributed by atoms with E-state index in [-0.39, 0.29) is 24.3 Å². The van der Waals surface area contributed by atoms with Crippen molar-refractivity contribution in [3.05, 3.63) is 17.0 Å². The van der Waals surface area contributed by atoms with Crippen LogP contribution in [0.15, 0.2) is 4.52 Å². The summed E-state index contributed by atoms with van der Waals surface area (Å²) in [6.45, 7) is 4.30. The number of carbonyl (C=O) groups excluding carboxylic acids is 1. The van der Waals surface area contributed by atoms with Gasteiger partial charge in [0.15, 0.2) is 11.5 Å². The van der Waals surface area contributed by atoms with Crippen molar-refractivity contribution in [2.75, 3.05) is 6.61 Å². The van der Waals surface area contributed by atoms with Gasteiger partial charge in [0.1, 0.15) is 0 Å². The number of aromatic nitrogens is 1. The zero-order valence-electron chi connectivity index (χ0n) is 12.8. The molecule has 0 saturated heterocycles. The van der Waals surface area contributed by atoms with Gasteiger partial charge in [-0.25, -0.2) is 4.79 Å². The lowest BCUT2D eigenvalue weighted by Crippen LogP contribution is -2.26. The zero-order valence-corrected chi connectivity index (χ0v) is 14.6. The second-order valence-corrected chi connectivity index (χ2v) is 8.73. The van der Waals surface area contributed by atoms with E-state index < -0.39 is 38.2 Å². The molecule has 0 unspecified atom stereocenters. The van der Waals surface area contributed by atoms with Crippen LogP contribution in [0.3, 0.4) is 0 Å². The second-order valence-electron chi connectivity index (χ2n) is 4.67. The first kappa shape index (κ1) is 20.0. The highest BCUT2D eigenvalue weighted by molar-refractivity contribution is 7.71. The van der Waals surface area contributed by atoms with Crippen LogP contribution in [0, 0.1) is 0 Å². The van der Waals surface area contributed by atoms with Crippen molar-refractivity contribution >= 4 is 21.2 Å². The van der Waals surface area contributed by atoms with Crippen LogP contribution < -0.4 is 0 Å². The molecule has 0 aliphatic rings. The van der Waals surface area contributed by atoms with Crippen LogP contribution in [-0.4, -0.2) is 37.3 Å². The second kappa shape index (κ2) is 6.84. The van der Waals surface area contributed by atoms with Crippen molar-refractivity contribution < 1.29 is 42.8 Å². The van der Waals surface area contributed by atoms with E-state index in [1.807, 2.05) is 0 Å². The average molecular weight is 371 g/mol. The molecule has 1 aromatic rings. The molecular formula is C11H19NO9P2. The minimum absolute atomic E-state index is 0.00866. The number of hydrogen-bond acceptors (Lipinski definition) is 6. The summed E-state index contributed by atoms with van der Waals surface area (Å²) in [5.41, 5.74) is -0.457. The van der Waals surface area contributed by atoms with Gasteiger partial charge in [-0.15, -0.1) is 0 Å². The molecule has 0 spiro atoms. The van der Waals surface area contributed by atoms with Crippen LogP contribution in [0.25, 0.3) is 0 Å².